The molecule has 7 nitrogen and oxygen atoms in total. The van der Waals surface area contributed by atoms with Crippen molar-refractivity contribution in [3.8, 4) is 0 Å². The average molecular weight is 348 g/mol. The van der Waals surface area contributed by atoms with Crippen LogP contribution in [0.4, 0.5) is 0 Å². The third-order valence-corrected chi connectivity index (χ3v) is 6.33. The van der Waals surface area contributed by atoms with Crippen LogP contribution < -0.4 is 5.14 Å². The maximum Gasteiger partial charge on any atom is 0.239 e. The molecule has 0 aromatic carbocycles. The third kappa shape index (κ3) is 2.44. The van der Waals surface area contributed by atoms with Crippen LogP contribution in [0.2, 0.25) is 0 Å². The SMILES string of the molecule is CC1(C)C(c2ccc(S(N)(=O)=O)cn2)C1c1nc(C2CCC2)no1. The second-order valence-electron chi connectivity index (χ2n) is 7.36. The molecule has 0 aliphatic heterocycles. The molecule has 128 valence electrons. The van der Waals surface area contributed by atoms with E-state index in [1.807, 2.05) is 0 Å². The van der Waals surface area contributed by atoms with Crippen molar-refractivity contribution in [2.75, 3.05) is 0 Å². The summed E-state index contributed by atoms with van der Waals surface area (Å²) in [7, 11) is -3.73. The molecular formula is C16H20N4O3S. The van der Waals surface area contributed by atoms with Gasteiger partial charge in [0.05, 0.1) is 5.92 Å². The van der Waals surface area contributed by atoms with Crippen LogP contribution in [0.25, 0.3) is 0 Å². The summed E-state index contributed by atoms with van der Waals surface area (Å²) in [5, 5.41) is 9.26. The van der Waals surface area contributed by atoms with Gasteiger partial charge < -0.3 is 4.52 Å². The first-order valence-electron chi connectivity index (χ1n) is 8.11. The number of hydrogen-bond acceptors (Lipinski definition) is 6. The molecule has 4 rings (SSSR count). The minimum absolute atomic E-state index is 0.0197. The Morgan fingerprint density at radius 1 is 1.25 bits per heavy atom. The van der Waals surface area contributed by atoms with Gasteiger partial charge in [-0.05, 0) is 30.4 Å². The molecule has 2 fully saturated rings. The fourth-order valence-corrected chi connectivity index (χ4v) is 4.06. The minimum Gasteiger partial charge on any atom is -0.339 e. The van der Waals surface area contributed by atoms with Gasteiger partial charge in [0, 0.05) is 23.7 Å². The first-order chi connectivity index (χ1) is 11.3. The number of hydrogen-bond donors (Lipinski definition) is 1. The standard InChI is InChI=1S/C16H20N4O3S/c1-16(2)12(11-7-6-10(8-18-11)24(17,21)22)13(16)15-19-14(20-23-15)9-4-3-5-9/h6-9,12-13H,3-5H2,1-2H3,(H2,17,21,22). The van der Waals surface area contributed by atoms with Gasteiger partial charge in [-0.15, -0.1) is 0 Å². The summed E-state index contributed by atoms with van der Waals surface area (Å²) in [6.07, 6.45) is 4.80. The first kappa shape index (κ1) is 15.7. The van der Waals surface area contributed by atoms with Crippen LogP contribution in [0, 0.1) is 5.41 Å². The molecule has 0 radical (unpaired) electrons. The topological polar surface area (TPSA) is 112 Å². The number of sulfonamides is 1. The third-order valence-electron chi connectivity index (χ3n) is 5.43. The van der Waals surface area contributed by atoms with Gasteiger partial charge in [0.2, 0.25) is 15.9 Å². The highest BCUT2D eigenvalue weighted by Gasteiger charge is 2.62. The van der Waals surface area contributed by atoms with E-state index in [2.05, 4.69) is 29.0 Å². The van der Waals surface area contributed by atoms with E-state index in [1.165, 1.54) is 18.7 Å². The highest BCUT2D eigenvalue weighted by atomic mass is 32.2. The lowest BCUT2D eigenvalue weighted by Crippen LogP contribution is -2.12. The van der Waals surface area contributed by atoms with Crippen LogP contribution in [0.1, 0.15) is 68.3 Å². The summed E-state index contributed by atoms with van der Waals surface area (Å²) in [5.74, 6) is 2.14. The Bertz CT molecular complexity index is 869. The molecule has 2 N–H and O–H groups in total. The fraction of sp³-hybridized carbons (Fsp3) is 0.562. The summed E-state index contributed by atoms with van der Waals surface area (Å²) in [5.41, 5.74) is 0.764. The Labute approximate surface area is 140 Å². The van der Waals surface area contributed by atoms with Crippen LogP contribution >= 0.6 is 0 Å². The zero-order valence-corrected chi connectivity index (χ0v) is 14.5. The molecule has 2 atom stereocenters. The lowest BCUT2D eigenvalue weighted by Gasteiger charge is -2.20. The summed E-state index contributed by atoms with van der Waals surface area (Å²) in [6, 6.07) is 3.21. The van der Waals surface area contributed by atoms with Crippen LogP contribution in [0.15, 0.2) is 27.7 Å². The van der Waals surface area contributed by atoms with Crippen molar-refractivity contribution in [3.05, 3.63) is 35.7 Å². The predicted octanol–water partition coefficient (Wildman–Crippen LogP) is 2.29. The maximum absolute atomic E-state index is 11.3. The van der Waals surface area contributed by atoms with Gasteiger partial charge >= 0.3 is 0 Å². The number of pyridine rings is 1. The molecular weight excluding hydrogens is 328 g/mol. The minimum atomic E-state index is -3.73. The maximum atomic E-state index is 11.3. The van der Waals surface area contributed by atoms with Crippen molar-refractivity contribution in [1.82, 2.24) is 15.1 Å². The number of primary sulfonamides is 1. The Balaban J connectivity index is 1.58. The summed E-state index contributed by atoms with van der Waals surface area (Å²) >= 11 is 0. The van der Waals surface area contributed by atoms with Crippen molar-refractivity contribution in [1.29, 1.82) is 0 Å². The molecule has 24 heavy (non-hydrogen) atoms. The van der Waals surface area contributed by atoms with Gasteiger partial charge in [-0.2, -0.15) is 4.98 Å². The monoisotopic (exact) mass is 348 g/mol. The van der Waals surface area contributed by atoms with Crippen molar-refractivity contribution in [3.63, 3.8) is 0 Å². The second kappa shape index (κ2) is 5.10. The average Bonchev–Trinajstić information content (AvgIpc) is 2.79. The first-order valence-corrected chi connectivity index (χ1v) is 9.65. The molecule has 2 aromatic rings. The largest absolute Gasteiger partial charge is 0.339 e. The number of nitrogens with two attached hydrogens (primary N) is 1. The predicted molar refractivity (Wildman–Crippen MR) is 85.8 cm³/mol. The van der Waals surface area contributed by atoms with E-state index in [0.717, 1.165) is 24.4 Å². The smallest absolute Gasteiger partial charge is 0.239 e. The van der Waals surface area contributed by atoms with Crippen molar-refractivity contribution < 1.29 is 12.9 Å². The second-order valence-corrected chi connectivity index (χ2v) is 8.92. The lowest BCUT2D eigenvalue weighted by atomic mass is 9.85. The molecule has 0 amide bonds. The van der Waals surface area contributed by atoms with Gasteiger partial charge in [-0.1, -0.05) is 25.4 Å². The van der Waals surface area contributed by atoms with Crippen molar-refractivity contribution in [2.45, 2.75) is 55.8 Å². The molecule has 0 spiro atoms. The van der Waals surface area contributed by atoms with Gasteiger partial charge in [-0.3, -0.25) is 4.98 Å². The van der Waals surface area contributed by atoms with Crippen LogP contribution in [0.5, 0.6) is 0 Å². The van der Waals surface area contributed by atoms with Crippen molar-refractivity contribution in [2.24, 2.45) is 10.6 Å². The molecule has 2 heterocycles. The lowest BCUT2D eigenvalue weighted by molar-refractivity contribution is 0.342. The van der Waals surface area contributed by atoms with Crippen LogP contribution in [-0.4, -0.2) is 23.5 Å². The van der Waals surface area contributed by atoms with E-state index < -0.39 is 10.0 Å². The quantitative estimate of drug-likeness (QED) is 0.907. The molecule has 0 bridgehead atoms. The molecule has 2 unspecified atom stereocenters. The van der Waals surface area contributed by atoms with Gasteiger partial charge in [-0.25, -0.2) is 13.6 Å². The Kier molecular flexibility index (Phi) is 3.34. The number of rotatable bonds is 4. The van der Waals surface area contributed by atoms with Gasteiger partial charge in [0.1, 0.15) is 4.90 Å². The molecule has 8 heteroatoms. The Morgan fingerprint density at radius 2 is 2.00 bits per heavy atom. The van der Waals surface area contributed by atoms with Crippen molar-refractivity contribution >= 4 is 10.0 Å². The highest BCUT2D eigenvalue weighted by molar-refractivity contribution is 7.89. The fourth-order valence-electron chi connectivity index (χ4n) is 3.60. The van der Waals surface area contributed by atoms with E-state index in [9.17, 15) is 8.42 Å². The molecule has 2 aliphatic rings. The molecule has 2 aromatic heterocycles. The number of nitrogens with zero attached hydrogens (tertiary/aromatic N) is 3. The van der Waals surface area contributed by atoms with Crippen LogP contribution in [0.3, 0.4) is 0 Å². The Hall–Kier alpha value is -1.80. The summed E-state index contributed by atoms with van der Waals surface area (Å²) < 4.78 is 28.2. The van der Waals surface area contributed by atoms with E-state index in [4.69, 9.17) is 9.66 Å². The van der Waals surface area contributed by atoms with Gasteiger partial charge in [0.15, 0.2) is 5.82 Å². The van der Waals surface area contributed by atoms with E-state index in [-0.39, 0.29) is 22.1 Å². The van der Waals surface area contributed by atoms with E-state index in [0.29, 0.717) is 11.8 Å². The zero-order chi connectivity index (χ0) is 17.1. The molecule has 0 saturated heterocycles. The normalized spacial score (nSPS) is 26.1. The molecule has 2 aliphatic carbocycles. The van der Waals surface area contributed by atoms with Gasteiger partial charge in [0.25, 0.3) is 0 Å². The Morgan fingerprint density at radius 3 is 2.54 bits per heavy atom. The van der Waals surface area contributed by atoms with Crippen LogP contribution in [-0.2, 0) is 10.0 Å². The van der Waals surface area contributed by atoms with E-state index >= 15 is 0 Å². The summed E-state index contributed by atoms with van der Waals surface area (Å²) in [6.45, 7) is 4.26. The highest BCUT2D eigenvalue weighted by Crippen LogP contribution is 2.69. The molecule has 2 saturated carbocycles. The van der Waals surface area contributed by atoms with E-state index in [1.54, 1.807) is 6.07 Å². The number of aromatic nitrogens is 3. The zero-order valence-electron chi connectivity index (χ0n) is 13.6. The summed E-state index contributed by atoms with van der Waals surface area (Å²) in [4.78, 5) is 8.92.